The minimum Gasteiger partial charge on any atom is -0.493 e. The van der Waals surface area contributed by atoms with E-state index in [-0.39, 0.29) is 28.0 Å². The van der Waals surface area contributed by atoms with Crippen molar-refractivity contribution in [3.8, 4) is 17.0 Å². The van der Waals surface area contributed by atoms with Gasteiger partial charge in [-0.2, -0.15) is 13.2 Å². The first kappa shape index (κ1) is 30.3. The highest BCUT2D eigenvalue weighted by molar-refractivity contribution is 6.10. The molecule has 0 bridgehead atoms. The number of benzene rings is 1. The number of pyridine rings is 1. The molecule has 0 fully saturated rings. The second-order valence-corrected chi connectivity index (χ2v) is 11.7. The molecule has 6 heterocycles. The number of nitrogens with zero attached hydrogens (tertiary/aromatic N) is 6. The largest absolute Gasteiger partial charge is 0.493 e. The Bertz CT molecular complexity index is 2100. The fraction of sp³-hybridized carbons (Fsp3) is 0.188. The van der Waals surface area contributed by atoms with E-state index in [1.807, 2.05) is 24.9 Å². The second-order valence-electron chi connectivity index (χ2n) is 11.2. The van der Waals surface area contributed by atoms with Gasteiger partial charge in [0.2, 0.25) is 0 Å². The lowest BCUT2D eigenvalue weighted by Crippen LogP contribution is -2.35. The van der Waals surface area contributed by atoms with Gasteiger partial charge in [-0.3, -0.25) is 9.78 Å². The normalized spacial score (nSPS) is 18.6. The van der Waals surface area contributed by atoms with Gasteiger partial charge in [0.15, 0.2) is 17.5 Å². The number of aromatic nitrogens is 4. The maximum absolute atomic E-state index is 13.2. The van der Waals surface area contributed by atoms with Crippen LogP contribution in [0.25, 0.3) is 22.3 Å². The summed E-state index contributed by atoms with van der Waals surface area (Å²) in [7, 11) is 0. The molecule has 3 N–H and O–H groups in total. The molecule has 1 amide bonds. The number of rotatable bonds is 7. The van der Waals surface area contributed by atoms with Crippen molar-refractivity contribution in [2.24, 2.45) is 5.73 Å². The Morgan fingerprint density at radius 3 is 2.70 bits per heavy atom. The number of imidazole rings is 1. The molecule has 47 heavy (non-hydrogen) atoms. The number of halogens is 4. The van der Waals surface area contributed by atoms with Crippen molar-refractivity contribution in [3.63, 3.8) is 0 Å². The van der Waals surface area contributed by atoms with Crippen LogP contribution in [0, 0.1) is 0 Å². The van der Waals surface area contributed by atoms with E-state index >= 15 is 0 Å². The van der Waals surface area contributed by atoms with Gasteiger partial charge in [0, 0.05) is 41.8 Å². The first-order valence-corrected chi connectivity index (χ1v) is 14.9. The summed E-state index contributed by atoms with van der Waals surface area (Å²) in [6.07, 6.45) is 6.87. The number of hydrogen-bond donors (Lipinski definition) is 2. The molecule has 7 rings (SSSR count). The van der Waals surface area contributed by atoms with Crippen LogP contribution in [0.1, 0.15) is 42.4 Å². The first-order chi connectivity index (χ1) is 22.4. The average molecular weight is 664 g/mol. The fourth-order valence-corrected chi connectivity index (χ4v) is 5.81. The van der Waals surface area contributed by atoms with Gasteiger partial charge in [0.1, 0.15) is 35.5 Å². The number of nitrogens with two attached hydrogens (primary N) is 1. The molecule has 0 saturated carbocycles. The standard InChI is InChI=1S/C32H26ClF3N8O3/c1-4-46-24-11-18(29(45)41-25-12-19(7-8-38-25)32(34,35)36)5-6-21(24)26-28-27(39-9-10-42(28)16-40-26)22-15-44(33)20(13-23(22)37)14-43(17(2)3)30-31(44)47-30/h5-17H,4,37H2,1-3H3/p+1. The molecular weight excluding hydrogens is 637 g/mol. The minimum atomic E-state index is -4.58. The third-order valence-corrected chi connectivity index (χ3v) is 8.27. The molecule has 15 heteroatoms. The Hall–Kier alpha value is -5.34. The van der Waals surface area contributed by atoms with Crippen LogP contribution in [0.3, 0.4) is 0 Å². The van der Waals surface area contributed by atoms with Crippen molar-refractivity contribution in [2.45, 2.75) is 33.0 Å². The predicted molar refractivity (Wildman–Crippen MR) is 166 cm³/mol. The van der Waals surface area contributed by atoms with Crippen LogP contribution in [0.15, 0.2) is 96.9 Å². The van der Waals surface area contributed by atoms with E-state index in [1.165, 1.54) is 12.1 Å². The van der Waals surface area contributed by atoms with Crippen molar-refractivity contribution in [1.29, 1.82) is 0 Å². The van der Waals surface area contributed by atoms with Crippen LogP contribution >= 0.6 is 11.8 Å². The third kappa shape index (κ3) is 5.15. The van der Waals surface area contributed by atoms with E-state index in [2.05, 4.69) is 20.3 Å². The summed E-state index contributed by atoms with van der Waals surface area (Å²) in [5, 5.41) is 2.42. The number of amides is 1. The van der Waals surface area contributed by atoms with E-state index < -0.39 is 17.6 Å². The average Bonchev–Trinajstić information content (AvgIpc) is 3.73. The van der Waals surface area contributed by atoms with Crippen molar-refractivity contribution in [1.82, 2.24) is 24.3 Å². The smallest absolute Gasteiger partial charge is 0.416 e. The summed E-state index contributed by atoms with van der Waals surface area (Å²) in [5.41, 5.74) is 9.70. The molecule has 3 aromatic heterocycles. The van der Waals surface area contributed by atoms with Crippen molar-refractivity contribution in [2.75, 3.05) is 11.9 Å². The molecule has 3 aliphatic heterocycles. The lowest BCUT2D eigenvalue weighted by Gasteiger charge is -2.29. The number of fused-ring (bicyclic) bond motifs is 3. The molecule has 3 aliphatic rings. The highest BCUT2D eigenvalue weighted by Crippen LogP contribution is 2.52. The van der Waals surface area contributed by atoms with Crippen LogP contribution < -0.4 is 15.8 Å². The number of allylic oxidation sites excluding steroid dienone is 2. The topological polar surface area (TPSA) is 123 Å². The van der Waals surface area contributed by atoms with Gasteiger partial charge in [-0.1, -0.05) is 4.00 Å². The molecule has 1 unspecified atom stereocenters. The Balaban J connectivity index is 1.27. The van der Waals surface area contributed by atoms with Crippen LogP contribution in [0.4, 0.5) is 19.0 Å². The van der Waals surface area contributed by atoms with Crippen molar-refractivity contribution < 1.29 is 31.4 Å². The Morgan fingerprint density at radius 2 is 1.96 bits per heavy atom. The minimum absolute atomic E-state index is 0.141. The molecular formula is C32H27ClF3N8O3+. The summed E-state index contributed by atoms with van der Waals surface area (Å²) in [6.45, 7) is 6.14. The van der Waals surface area contributed by atoms with Gasteiger partial charge in [-0.25, -0.2) is 9.97 Å². The number of hydrogen-bond acceptors (Lipinski definition) is 8. The first-order valence-electron chi connectivity index (χ1n) is 14.5. The number of alkyl halides is 3. The lowest BCUT2D eigenvalue weighted by atomic mass is 10.0. The van der Waals surface area contributed by atoms with E-state index in [1.54, 1.807) is 48.4 Å². The molecule has 240 valence electrons. The second kappa shape index (κ2) is 10.9. The van der Waals surface area contributed by atoms with Gasteiger partial charge in [0.05, 0.1) is 35.2 Å². The number of nitrogens with one attached hydrogen (secondary N) is 1. The van der Waals surface area contributed by atoms with Crippen molar-refractivity contribution >= 4 is 34.6 Å². The third-order valence-electron chi connectivity index (χ3n) is 7.82. The molecule has 0 radical (unpaired) electrons. The highest BCUT2D eigenvalue weighted by Gasteiger charge is 2.57. The van der Waals surface area contributed by atoms with Gasteiger partial charge in [-0.15, -0.1) is 0 Å². The van der Waals surface area contributed by atoms with Gasteiger partial charge >= 0.3 is 17.9 Å². The Kier molecular flexibility index (Phi) is 7.02. The zero-order valence-electron chi connectivity index (χ0n) is 25.2. The predicted octanol–water partition coefficient (Wildman–Crippen LogP) is 6.35. The van der Waals surface area contributed by atoms with Crippen LogP contribution in [0.5, 0.6) is 5.75 Å². The summed E-state index contributed by atoms with van der Waals surface area (Å²) >= 11 is 7.15. The fourth-order valence-electron chi connectivity index (χ4n) is 5.51. The molecule has 0 saturated heterocycles. The molecule has 1 aromatic carbocycles. The molecule has 11 nitrogen and oxygen atoms in total. The summed E-state index contributed by atoms with van der Waals surface area (Å²) in [5.74, 6) is 0.684. The quantitative estimate of drug-likeness (QED) is 0.219. The van der Waals surface area contributed by atoms with E-state index in [9.17, 15) is 18.0 Å². The highest BCUT2D eigenvalue weighted by atomic mass is 35.5. The molecule has 1 atom stereocenters. The van der Waals surface area contributed by atoms with Crippen molar-refractivity contribution in [3.05, 3.63) is 114 Å². The number of carbonyl (C=O) groups is 1. The Labute approximate surface area is 271 Å². The monoisotopic (exact) mass is 663 g/mol. The summed E-state index contributed by atoms with van der Waals surface area (Å²) < 4.78 is 52.8. The zero-order valence-corrected chi connectivity index (χ0v) is 26.0. The molecule has 0 aliphatic carbocycles. The van der Waals surface area contributed by atoms with E-state index in [0.29, 0.717) is 57.0 Å². The SMILES string of the molecule is CCOc1cc(C(=O)Nc2cc(C(F)(F)F)ccn2)ccc1-c1ncn2ccnc(C3=C[N+]4(Cl)C(=CN(C(C)C)C5=C4O5)C=C3N)c12. The van der Waals surface area contributed by atoms with Gasteiger partial charge in [-0.05, 0) is 51.1 Å². The molecule has 0 spiro atoms. The van der Waals surface area contributed by atoms with E-state index in [0.717, 1.165) is 18.3 Å². The summed E-state index contributed by atoms with van der Waals surface area (Å²) in [4.78, 5) is 28.3. The number of ether oxygens (including phenoxy) is 2. The van der Waals surface area contributed by atoms with Gasteiger partial charge < -0.3 is 29.8 Å². The lowest BCUT2D eigenvalue weighted by molar-refractivity contribution is -0.678. The maximum Gasteiger partial charge on any atom is 0.416 e. The number of carbonyl (C=O) groups excluding carboxylic acids is 1. The van der Waals surface area contributed by atoms with Crippen LogP contribution in [-0.2, 0) is 10.9 Å². The summed E-state index contributed by atoms with van der Waals surface area (Å²) in [6, 6.07) is 6.43. The van der Waals surface area contributed by atoms with E-state index in [4.69, 9.17) is 27.0 Å². The van der Waals surface area contributed by atoms with Gasteiger partial charge in [0.25, 0.3) is 5.91 Å². The van der Waals surface area contributed by atoms with Crippen LogP contribution in [0.2, 0.25) is 0 Å². The zero-order chi connectivity index (χ0) is 33.2. The number of anilines is 1. The molecule has 4 aromatic rings. The van der Waals surface area contributed by atoms with Crippen LogP contribution in [-0.4, -0.2) is 46.8 Å². The maximum atomic E-state index is 13.2. The Morgan fingerprint density at radius 1 is 1.15 bits per heavy atom. The number of quaternary nitrogens is 1.